The topological polar surface area (TPSA) is 49.3 Å². The molecule has 1 aromatic rings. The summed E-state index contributed by atoms with van der Waals surface area (Å²) in [6.07, 6.45) is 0.172. The van der Waals surface area contributed by atoms with Gasteiger partial charge in [-0.05, 0) is 28.9 Å². The van der Waals surface area contributed by atoms with Crippen molar-refractivity contribution in [3.05, 3.63) is 20.3 Å². The van der Waals surface area contributed by atoms with Gasteiger partial charge in [0.2, 0.25) is 0 Å². The molecule has 2 N–H and O–H groups in total. The zero-order chi connectivity index (χ0) is 10.6. The van der Waals surface area contributed by atoms with Crippen molar-refractivity contribution in [3.63, 3.8) is 0 Å². The maximum atomic E-state index is 10.2. The number of nitrogens with one attached hydrogen (secondary N) is 1. The summed E-state index contributed by atoms with van der Waals surface area (Å²) in [5.74, 6) is -0.763. The van der Waals surface area contributed by atoms with Crippen LogP contribution in [0.1, 0.15) is 16.2 Å². The highest BCUT2D eigenvalue weighted by atomic mass is 79.9. The number of thiophene rings is 1. The molecule has 0 spiro atoms. The Hall–Kier alpha value is -0.390. The van der Waals surface area contributed by atoms with E-state index in [0.717, 1.165) is 11.0 Å². The average molecular weight is 278 g/mol. The van der Waals surface area contributed by atoms with Crippen LogP contribution in [0.2, 0.25) is 0 Å². The molecular weight excluding hydrogens is 266 g/mol. The minimum Gasteiger partial charge on any atom is -0.481 e. The summed E-state index contributed by atoms with van der Waals surface area (Å²) < 4.78 is 1.12. The van der Waals surface area contributed by atoms with Gasteiger partial charge in [0.15, 0.2) is 0 Å². The number of carboxylic acid groups (broad SMARTS) is 1. The van der Waals surface area contributed by atoms with E-state index in [1.165, 1.54) is 9.75 Å². The normalized spacial score (nSPS) is 10.4. The first-order chi connectivity index (χ1) is 6.59. The minimum absolute atomic E-state index is 0.172. The summed E-state index contributed by atoms with van der Waals surface area (Å²) in [6, 6.07) is 2.06. The molecule has 14 heavy (non-hydrogen) atoms. The molecule has 0 radical (unpaired) electrons. The van der Waals surface area contributed by atoms with Gasteiger partial charge in [0.05, 0.1) is 6.42 Å². The molecule has 1 heterocycles. The molecule has 0 aliphatic carbocycles. The first-order valence-electron chi connectivity index (χ1n) is 4.27. The van der Waals surface area contributed by atoms with Crippen LogP contribution in [0.4, 0.5) is 0 Å². The lowest BCUT2D eigenvalue weighted by molar-refractivity contribution is -0.136. The molecule has 5 heteroatoms. The average Bonchev–Trinajstić information content (AvgIpc) is 2.40. The lowest BCUT2D eigenvalue weighted by Gasteiger charge is -1.99. The van der Waals surface area contributed by atoms with E-state index in [1.807, 2.05) is 0 Å². The monoisotopic (exact) mass is 277 g/mol. The fourth-order valence-corrected chi connectivity index (χ4v) is 2.58. The van der Waals surface area contributed by atoms with Crippen LogP contribution in [0, 0.1) is 6.92 Å². The number of aliphatic carboxylic acids is 1. The van der Waals surface area contributed by atoms with Gasteiger partial charge in [-0.25, -0.2) is 0 Å². The molecule has 0 aliphatic rings. The largest absolute Gasteiger partial charge is 0.481 e. The highest BCUT2D eigenvalue weighted by Gasteiger charge is 2.02. The van der Waals surface area contributed by atoms with Gasteiger partial charge in [-0.15, -0.1) is 11.3 Å². The Morgan fingerprint density at radius 3 is 2.93 bits per heavy atom. The molecule has 0 bridgehead atoms. The molecule has 3 nitrogen and oxygen atoms in total. The summed E-state index contributed by atoms with van der Waals surface area (Å²) in [5.41, 5.74) is 0. The van der Waals surface area contributed by atoms with E-state index in [9.17, 15) is 4.79 Å². The van der Waals surface area contributed by atoms with Crippen molar-refractivity contribution >= 4 is 33.2 Å². The molecule has 0 amide bonds. The lowest BCUT2D eigenvalue weighted by Crippen LogP contribution is -2.16. The van der Waals surface area contributed by atoms with Crippen molar-refractivity contribution in [2.45, 2.75) is 19.9 Å². The highest BCUT2D eigenvalue weighted by molar-refractivity contribution is 9.10. The van der Waals surface area contributed by atoms with Crippen molar-refractivity contribution in [3.8, 4) is 0 Å². The summed E-state index contributed by atoms with van der Waals surface area (Å²) in [7, 11) is 0. The molecule has 1 rings (SSSR count). The molecule has 0 aromatic carbocycles. The van der Waals surface area contributed by atoms with Crippen molar-refractivity contribution < 1.29 is 9.90 Å². The third-order valence-corrected chi connectivity index (χ3v) is 3.86. The van der Waals surface area contributed by atoms with Gasteiger partial charge in [0, 0.05) is 27.3 Å². The number of hydrogen-bond acceptors (Lipinski definition) is 3. The quantitative estimate of drug-likeness (QED) is 0.813. The third kappa shape index (κ3) is 3.77. The molecule has 78 valence electrons. The van der Waals surface area contributed by atoms with Gasteiger partial charge < -0.3 is 10.4 Å². The zero-order valence-corrected chi connectivity index (χ0v) is 10.2. The SMILES string of the molecule is Cc1sc(CNCCC(=O)O)cc1Br. The summed E-state index contributed by atoms with van der Waals surface area (Å²) in [5, 5.41) is 11.5. The third-order valence-electron chi connectivity index (χ3n) is 1.72. The molecule has 0 fully saturated rings. The van der Waals surface area contributed by atoms with Gasteiger partial charge in [0.1, 0.15) is 0 Å². The Labute approximate surface area is 95.3 Å². The second-order valence-corrected chi connectivity index (χ2v) is 5.13. The standard InChI is InChI=1S/C9H12BrNO2S/c1-6-8(10)4-7(14-6)5-11-3-2-9(12)13/h4,11H,2-3,5H2,1H3,(H,12,13). The maximum absolute atomic E-state index is 10.2. The second kappa shape index (κ2) is 5.48. The predicted octanol–water partition coefficient (Wildman–Crippen LogP) is 2.38. The summed E-state index contributed by atoms with van der Waals surface area (Å²) >= 11 is 5.15. The Bertz CT molecular complexity index is 305. The van der Waals surface area contributed by atoms with Crippen molar-refractivity contribution in [1.29, 1.82) is 0 Å². The van der Waals surface area contributed by atoms with Gasteiger partial charge in [0.25, 0.3) is 0 Å². The maximum Gasteiger partial charge on any atom is 0.304 e. The van der Waals surface area contributed by atoms with Crippen LogP contribution >= 0.6 is 27.3 Å². The van der Waals surface area contributed by atoms with Gasteiger partial charge >= 0.3 is 5.97 Å². The van der Waals surface area contributed by atoms with Crippen LogP contribution in [0.25, 0.3) is 0 Å². The molecule has 0 saturated heterocycles. The number of hydrogen-bond donors (Lipinski definition) is 2. The molecule has 0 atom stereocenters. The second-order valence-electron chi connectivity index (χ2n) is 2.94. The zero-order valence-electron chi connectivity index (χ0n) is 7.84. The Balaban J connectivity index is 2.28. The van der Waals surface area contributed by atoms with Gasteiger partial charge in [-0.3, -0.25) is 4.79 Å². The number of carbonyl (C=O) groups is 1. The molecular formula is C9H12BrNO2S. The summed E-state index contributed by atoms with van der Waals surface area (Å²) in [4.78, 5) is 12.7. The van der Waals surface area contributed by atoms with Gasteiger partial charge in [-0.1, -0.05) is 0 Å². The van der Waals surface area contributed by atoms with Crippen LogP contribution in [0.15, 0.2) is 10.5 Å². The number of aryl methyl sites for hydroxylation is 1. The molecule has 1 aromatic heterocycles. The molecule has 0 aliphatic heterocycles. The predicted molar refractivity (Wildman–Crippen MR) is 60.7 cm³/mol. The molecule has 0 unspecified atom stereocenters. The van der Waals surface area contributed by atoms with E-state index in [1.54, 1.807) is 11.3 Å². The van der Waals surface area contributed by atoms with E-state index < -0.39 is 5.97 Å². The highest BCUT2D eigenvalue weighted by Crippen LogP contribution is 2.25. The Morgan fingerprint density at radius 2 is 2.43 bits per heavy atom. The number of carboxylic acids is 1. The Morgan fingerprint density at radius 1 is 1.71 bits per heavy atom. The Kier molecular flexibility index (Phi) is 4.57. The van der Waals surface area contributed by atoms with E-state index in [-0.39, 0.29) is 6.42 Å². The van der Waals surface area contributed by atoms with Crippen LogP contribution < -0.4 is 5.32 Å². The number of rotatable bonds is 5. The number of halogens is 1. The van der Waals surface area contributed by atoms with Crippen LogP contribution in [0.5, 0.6) is 0 Å². The van der Waals surface area contributed by atoms with E-state index in [4.69, 9.17) is 5.11 Å². The minimum atomic E-state index is -0.763. The van der Waals surface area contributed by atoms with Crippen molar-refractivity contribution in [1.82, 2.24) is 5.32 Å². The molecule has 0 saturated carbocycles. The van der Waals surface area contributed by atoms with E-state index in [0.29, 0.717) is 6.54 Å². The van der Waals surface area contributed by atoms with E-state index >= 15 is 0 Å². The van der Waals surface area contributed by atoms with Crippen molar-refractivity contribution in [2.75, 3.05) is 6.54 Å². The van der Waals surface area contributed by atoms with Crippen LogP contribution in [0.3, 0.4) is 0 Å². The lowest BCUT2D eigenvalue weighted by atomic mass is 10.4. The summed E-state index contributed by atoms with van der Waals surface area (Å²) in [6.45, 7) is 3.31. The smallest absolute Gasteiger partial charge is 0.304 e. The van der Waals surface area contributed by atoms with Crippen molar-refractivity contribution in [2.24, 2.45) is 0 Å². The fraction of sp³-hybridized carbons (Fsp3) is 0.444. The van der Waals surface area contributed by atoms with Gasteiger partial charge in [-0.2, -0.15) is 0 Å². The first kappa shape index (κ1) is 11.7. The van der Waals surface area contributed by atoms with E-state index in [2.05, 4.69) is 34.2 Å². The fourth-order valence-electron chi connectivity index (χ4n) is 1.01. The van der Waals surface area contributed by atoms with Crippen LogP contribution in [-0.2, 0) is 11.3 Å². The first-order valence-corrected chi connectivity index (χ1v) is 5.88. The van der Waals surface area contributed by atoms with Crippen LogP contribution in [-0.4, -0.2) is 17.6 Å².